The van der Waals surface area contributed by atoms with Crippen molar-refractivity contribution in [2.75, 3.05) is 6.61 Å². The van der Waals surface area contributed by atoms with Gasteiger partial charge in [0, 0.05) is 12.3 Å². The number of allylic oxidation sites excluding steroid dienone is 2. The molecule has 0 aromatic heterocycles. The summed E-state index contributed by atoms with van der Waals surface area (Å²) in [7, 11) is -2.91. The Hall–Kier alpha value is -2.35. The van der Waals surface area contributed by atoms with Crippen molar-refractivity contribution in [2.45, 2.75) is 91.5 Å². The average Bonchev–Trinajstić information content (AvgIpc) is 3.16. The molecule has 1 aliphatic rings. The number of hydrogen-bond donors (Lipinski definition) is 1. The summed E-state index contributed by atoms with van der Waals surface area (Å²) in [5, 5.41) is 10.6. The van der Waals surface area contributed by atoms with E-state index < -0.39 is 15.4 Å². The predicted molar refractivity (Wildman–Crippen MR) is 156 cm³/mol. The summed E-state index contributed by atoms with van der Waals surface area (Å²) in [5.41, 5.74) is 5.70. The minimum atomic E-state index is -2.04. The third-order valence-corrected chi connectivity index (χ3v) is 12.7. The third-order valence-electron chi connectivity index (χ3n) is 8.15. The SMILES string of the molecule is CB(O)N1C(=O)C[C@H](c2ccc(OCc3ccccc3)cc2C(C)=C(C)C)[C@H]1CO[Si](C)(C)C(C)(C)C. The van der Waals surface area contributed by atoms with E-state index in [1.54, 1.807) is 11.6 Å². The van der Waals surface area contributed by atoms with Gasteiger partial charge in [0.25, 0.3) is 0 Å². The monoisotopic (exact) mass is 521 g/mol. The van der Waals surface area contributed by atoms with E-state index in [-0.39, 0.29) is 22.9 Å². The van der Waals surface area contributed by atoms with Gasteiger partial charge in [0.1, 0.15) is 12.4 Å². The highest BCUT2D eigenvalue weighted by atomic mass is 28.4. The Labute approximate surface area is 225 Å². The summed E-state index contributed by atoms with van der Waals surface area (Å²) >= 11 is 0. The summed E-state index contributed by atoms with van der Waals surface area (Å²) in [6, 6.07) is 16.1. The molecular formula is C30H44BNO4Si. The van der Waals surface area contributed by atoms with Gasteiger partial charge in [-0.3, -0.25) is 4.79 Å². The number of hydrogen-bond acceptors (Lipinski definition) is 4. The van der Waals surface area contributed by atoms with E-state index in [2.05, 4.69) is 78.9 Å². The molecule has 0 spiro atoms. The first kappa shape index (κ1) is 29.2. The summed E-state index contributed by atoms with van der Waals surface area (Å²) in [6.07, 6.45) is 0.351. The fourth-order valence-corrected chi connectivity index (χ4v) is 5.62. The molecule has 2 aromatic rings. The van der Waals surface area contributed by atoms with E-state index in [1.807, 2.05) is 24.3 Å². The highest BCUT2D eigenvalue weighted by molar-refractivity contribution is 6.74. The maximum absolute atomic E-state index is 13.2. The highest BCUT2D eigenvalue weighted by Gasteiger charge is 2.46. The van der Waals surface area contributed by atoms with Crippen LogP contribution in [-0.4, -0.2) is 43.8 Å². The Bertz CT molecular complexity index is 1120. The molecule has 1 fully saturated rings. The van der Waals surface area contributed by atoms with Crippen molar-refractivity contribution in [3.05, 3.63) is 70.8 Å². The van der Waals surface area contributed by atoms with Crippen molar-refractivity contribution in [3.63, 3.8) is 0 Å². The minimum Gasteiger partial charge on any atom is -0.489 e. The average molecular weight is 522 g/mol. The molecule has 37 heavy (non-hydrogen) atoms. The number of carbonyl (C=O) groups excluding carboxylic acids is 1. The Morgan fingerprint density at radius 1 is 1.11 bits per heavy atom. The van der Waals surface area contributed by atoms with Crippen molar-refractivity contribution in [3.8, 4) is 5.75 Å². The van der Waals surface area contributed by atoms with Crippen LogP contribution >= 0.6 is 0 Å². The second kappa shape index (κ2) is 11.6. The van der Waals surface area contributed by atoms with Crippen molar-refractivity contribution in [1.82, 2.24) is 4.81 Å². The van der Waals surface area contributed by atoms with Crippen LogP contribution in [0.1, 0.15) is 70.6 Å². The lowest BCUT2D eigenvalue weighted by Crippen LogP contribution is -2.50. The Morgan fingerprint density at radius 2 is 1.76 bits per heavy atom. The van der Waals surface area contributed by atoms with E-state index in [0.717, 1.165) is 22.4 Å². The maximum atomic E-state index is 13.2. The van der Waals surface area contributed by atoms with Crippen molar-refractivity contribution in [1.29, 1.82) is 0 Å². The molecule has 5 nitrogen and oxygen atoms in total. The molecule has 1 N–H and O–H groups in total. The van der Waals surface area contributed by atoms with Crippen LogP contribution in [0.2, 0.25) is 25.0 Å². The maximum Gasteiger partial charge on any atom is 0.412 e. The molecular weight excluding hydrogens is 477 g/mol. The quantitative estimate of drug-likeness (QED) is 0.365. The van der Waals surface area contributed by atoms with Crippen molar-refractivity contribution < 1.29 is 19.0 Å². The standard InChI is InChI=1S/C30H44BNO4Si/c1-21(2)22(3)26-17-24(35-19-23-13-11-10-12-14-23)15-16-25(26)27-18-29(33)32(31(7)34)28(27)20-36-37(8,9)30(4,5)6/h10-17,27-28,34H,18-20H2,1-9H3/t27-,28-/m1/s1. The Morgan fingerprint density at radius 3 is 2.32 bits per heavy atom. The minimum absolute atomic E-state index is 0.0333. The van der Waals surface area contributed by atoms with Crippen LogP contribution in [0, 0.1) is 0 Å². The van der Waals surface area contributed by atoms with Gasteiger partial charge in [-0.15, -0.1) is 0 Å². The molecule has 200 valence electrons. The number of amides is 1. The molecule has 0 aliphatic carbocycles. The fraction of sp³-hybridized carbons (Fsp3) is 0.500. The normalized spacial score (nSPS) is 18.2. The third kappa shape index (κ3) is 6.75. The first-order valence-electron chi connectivity index (χ1n) is 13.3. The fourth-order valence-electron chi connectivity index (χ4n) is 4.60. The zero-order valence-corrected chi connectivity index (χ0v) is 25.1. The number of rotatable bonds is 9. The van der Waals surface area contributed by atoms with E-state index in [0.29, 0.717) is 19.6 Å². The smallest absolute Gasteiger partial charge is 0.412 e. The van der Waals surface area contributed by atoms with Crippen LogP contribution in [0.5, 0.6) is 5.75 Å². The molecule has 0 radical (unpaired) electrons. The number of ether oxygens (including phenoxy) is 1. The molecule has 0 bridgehead atoms. The molecule has 2 atom stereocenters. The summed E-state index contributed by atoms with van der Waals surface area (Å²) < 4.78 is 12.8. The lowest BCUT2D eigenvalue weighted by molar-refractivity contribution is -0.125. The summed E-state index contributed by atoms with van der Waals surface area (Å²) in [6.45, 7) is 20.0. The van der Waals surface area contributed by atoms with Crippen molar-refractivity contribution in [2.24, 2.45) is 0 Å². The van der Waals surface area contributed by atoms with E-state index >= 15 is 0 Å². The van der Waals surface area contributed by atoms with Gasteiger partial charge in [0.15, 0.2) is 8.32 Å². The Balaban J connectivity index is 1.98. The number of benzene rings is 2. The lowest BCUT2D eigenvalue weighted by Gasteiger charge is -2.39. The molecule has 0 unspecified atom stereocenters. The van der Waals surface area contributed by atoms with Crippen LogP contribution in [-0.2, 0) is 15.8 Å². The second-order valence-corrected chi connectivity index (χ2v) is 16.8. The number of carbonyl (C=O) groups is 1. The van der Waals surface area contributed by atoms with Gasteiger partial charge < -0.3 is 19.0 Å². The largest absolute Gasteiger partial charge is 0.489 e. The first-order valence-corrected chi connectivity index (χ1v) is 16.2. The van der Waals surface area contributed by atoms with Crippen molar-refractivity contribution >= 4 is 26.8 Å². The van der Waals surface area contributed by atoms with Crippen LogP contribution < -0.4 is 4.74 Å². The molecule has 1 saturated heterocycles. The topological polar surface area (TPSA) is 59.0 Å². The second-order valence-electron chi connectivity index (χ2n) is 12.0. The van der Waals surface area contributed by atoms with E-state index in [9.17, 15) is 9.82 Å². The van der Waals surface area contributed by atoms with Crippen LogP contribution in [0.15, 0.2) is 54.1 Å². The zero-order valence-electron chi connectivity index (χ0n) is 24.1. The van der Waals surface area contributed by atoms with Crippen LogP contribution in [0.25, 0.3) is 5.57 Å². The van der Waals surface area contributed by atoms with E-state index in [4.69, 9.17) is 9.16 Å². The molecule has 0 saturated carbocycles. The molecule has 1 heterocycles. The van der Waals surface area contributed by atoms with Gasteiger partial charge >= 0.3 is 7.05 Å². The number of nitrogens with zero attached hydrogens (tertiary/aromatic N) is 1. The van der Waals surface area contributed by atoms with Crippen LogP contribution in [0.4, 0.5) is 0 Å². The Kier molecular flexibility index (Phi) is 9.15. The van der Waals surface area contributed by atoms with Gasteiger partial charge in [-0.1, -0.05) is 62.7 Å². The van der Waals surface area contributed by atoms with E-state index in [1.165, 1.54) is 11.1 Å². The van der Waals surface area contributed by atoms with Crippen LogP contribution in [0.3, 0.4) is 0 Å². The van der Waals surface area contributed by atoms with Gasteiger partial charge in [0.05, 0.1) is 12.6 Å². The highest BCUT2D eigenvalue weighted by Crippen LogP contribution is 2.42. The van der Waals surface area contributed by atoms with Gasteiger partial charge in [0.2, 0.25) is 5.91 Å². The summed E-state index contributed by atoms with van der Waals surface area (Å²) in [5.74, 6) is 0.683. The molecule has 1 amide bonds. The molecule has 2 aromatic carbocycles. The van der Waals surface area contributed by atoms with Gasteiger partial charge in [-0.05, 0) is 80.1 Å². The molecule has 7 heteroatoms. The predicted octanol–water partition coefficient (Wildman–Crippen LogP) is 6.90. The lowest BCUT2D eigenvalue weighted by atomic mass is 9.81. The molecule has 1 aliphatic heterocycles. The van der Waals surface area contributed by atoms with Gasteiger partial charge in [-0.2, -0.15) is 0 Å². The van der Waals surface area contributed by atoms with Gasteiger partial charge in [-0.25, -0.2) is 0 Å². The first-order chi connectivity index (χ1) is 17.2. The zero-order chi connectivity index (χ0) is 27.5. The molecule has 3 rings (SSSR count). The summed E-state index contributed by atoms with van der Waals surface area (Å²) in [4.78, 5) is 14.8.